The normalized spacial score (nSPS) is 21.3. The molecule has 2 atom stereocenters. The van der Waals surface area contributed by atoms with Crippen molar-refractivity contribution in [1.82, 2.24) is 0 Å². The van der Waals surface area contributed by atoms with Gasteiger partial charge in [-0.3, -0.25) is 0 Å². The SMILES string of the molecule is CCCC1CCCCC1CCCOc1ccc(C#N)cc1F. The Morgan fingerprint density at radius 1 is 1.23 bits per heavy atom. The summed E-state index contributed by atoms with van der Waals surface area (Å²) in [5, 5.41) is 8.72. The molecule has 0 aromatic heterocycles. The zero-order chi connectivity index (χ0) is 15.8. The van der Waals surface area contributed by atoms with E-state index in [1.807, 2.05) is 6.07 Å². The molecular formula is C19H26FNO. The molecule has 0 spiro atoms. The fourth-order valence-electron chi connectivity index (χ4n) is 3.63. The highest BCUT2D eigenvalue weighted by molar-refractivity contribution is 5.35. The third-order valence-corrected chi connectivity index (χ3v) is 4.76. The molecule has 22 heavy (non-hydrogen) atoms. The number of hydrogen-bond acceptors (Lipinski definition) is 2. The quantitative estimate of drug-likeness (QED) is 0.626. The minimum atomic E-state index is -0.444. The van der Waals surface area contributed by atoms with Crippen LogP contribution >= 0.6 is 0 Å². The van der Waals surface area contributed by atoms with Crippen molar-refractivity contribution in [3.05, 3.63) is 29.6 Å². The molecule has 120 valence electrons. The fraction of sp³-hybridized carbons (Fsp3) is 0.632. The van der Waals surface area contributed by atoms with E-state index in [1.54, 1.807) is 12.1 Å². The Morgan fingerprint density at radius 2 is 1.95 bits per heavy atom. The van der Waals surface area contributed by atoms with Crippen LogP contribution in [0.25, 0.3) is 0 Å². The van der Waals surface area contributed by atoms with Gasteiger partial charge in [-0.1, -0.05) is 45.4 Å². The maximum atomic E-state index is 13.7. The number of halogens is 1. The molecule has 1 aromatic rings. The van der Waals surface area contributed by atoms with Gasteiger partial charge in [-0.2, -0.15) is 5.26 Å². The van der Waals surface area contributed by atoms with E-state index in [1.165, 1.54) is 51.0 Å². The maximum absolute atomic E-state index is 13.7. The number of rotatable bonds is 7. The first-order valence-electron chi connectivity index (χ1n) is 8.57. The van der Waals surface area contributed by atoms with E-state index in [9.17, 15) is 4.39 Å². The number of benzene rings is 1. The molecule has 0 N–H and O–H groups in total. The van der Waals surface area contributed by atoms with Crippen LogP contribution in [0, 0.1) is 29.0 Å². The Kier molecular flexibility index (Phi) is 6.71. The van der Waals surface area contributed by atoms with Gasteiger partial charge in [0, 0.05) is 0 Å². The second kappa shape index (κ2) is 8.78. The molecule has 0 amide bonds. The smallest absolute Gasteiger partial charge is 0.166 e. The van der Waals surface area contributed by atoms with Crippen LogP contribution in [0.5, 0.6) is 5.75 Å². The Hall–Kier alpha value is -1.56. The first kappa shape index (κ1) is 16.8. The van der Waals surface area contributed by atoms with E-state index in [2.05, 4.69) is 6.92 Å². The Labute approximate surface area is 133 Å². The summed E-state index contributed by atoms with van der Waals surface area (Å²) >= 11 is 0. The molecule has 1 saturated carbocycles. The predicted octanol–water partition coefficient (Wildman–Crippen LogP) is 5.46. The average molecular weight is 303 g/mol. The van der Waals surface area contributed by atoms with Gasteiger partial charge < -0.3 is 4.74 Å². The second-order valence-electron chi connectivity index (χ2n) is 6.34. The topological polar surface area (TPSA) is 33.0 Å². The van der Waals surface area contributed by atoms with Crippen molar-refractivity contribution in [2.45, 2.75) is 58.3 Å². The third-order valence-electron chi connectivity index (χ3n) is 4.76. The van der Waals surface area contributed by atoms with Crippen molar-refractivity contribution in [2.24, 2.45) is 11.8 Å². The van der Waals surface area contributed by atoms with Crippen LogP contribution in [-0.2, 0) is 0 Å². The molecule has 0 aliphatic heterocycles. The molecule has 0 bridgehead atoms. The summed E-state index contributed by atoms with van der Waals surface area (Å²) in [5.41, 5.74) is 0.328. The van der Waals surface area contributed by atoms with Gasteiger partial charge in [0.15, 0.2) is 11.6 Å². The Morgan fingerprint density at radius 3 is 2.59 bits per heavy atom. The van der Waals surface area contributed by atoms with Gasteiger partial charge in [0.25, 0.3) is 0 Å². The lowest BCUT2D eigenvalue weighted by Crippen LogP contribution is -2.20. The van der Waals surface area contributed by atoms with E-state index in [0.29, 0.717) is 12.2 Å². The van der Waals surface area contributed by atoms with Gasteiger partial charge in [0.05, 0.1) is 18.2 Å². The van der Waals surface area contributed by atoms with Crippen LogP contribution in [0.2, 0.25) is 0 Å². The summed E-state index contributed by atoms with van der Waals surface area (Å²) in [4.78, 5) is 0. The van der Waals surface area contributed by atoms with Crippen LogP contribution in [0.1, 0.15) is 63.9 Å². The molecule has 3 heteroatoms. The van der Waals surface area contributed by atoms with Crippen molar-refractivity contribution in [1.29, 1.82) is 5.26 Å². The van der Waals surface area contributed by atoms with Crippen LogP contribution in [0.15, 0.2) is 18.2 Å². The average Bonchev–Trinajstić information content (AvgIpc) is 2.54. The molecule has 1 aromatic carbocycles. The second-order valence-corrected chi connectivity index (χ2v) is 6.34. The summed E-state index contributed by atoms with van der Waals surface area (Å²) in [6.07, 6.45) is 10.2. The van der Waals surface area contributed by atoms with Crippen LogP contribution < -0.4 is 4.74 Å². The summed E-state index contributed by atoms with van der Waals surface area (Å²) in [7, 11) is 0. The predicted molar refractivity (Wildman–Crippen MR) is 86.2 cm³/mol. The summed E-state index contributed by atoms with van der Waals surface area (Å²) in [6.45, 7) is 2.82. The highest BCUT2D eigenvalue weighted by Crippen LogP contribution is 2.36. The lowest BCUT2D eigenvalue weighted by molar-refractivity contribution is 0.192. The fourth-order valence-corrected chi connectivity index (χ4v) is 3.63. The number of hydrogen-bond donors (Lipinski definition) is 0. The van der Waals surface area contributed by atoms with Gasteiger partial charge in [-0.15, -0.1) is 0 Å². The molecule has 0 radical (unpaired) electrons. The van der Waals surface area contributed by atoms with E-state index in [-0.39, 0.29) is 5.75 Å². The monoisotopic (exact) mass is 303 g/mol. The minimum absolute atomic E-state index is 0.257. The Bertz CT molecular complexity index is 507. The first-order chi connectivity index (χ1) is 10.7. The standard InChI is InChI=1S/C19H26FNO/c1-2-6-16-7-3-4-8-17(16)9-5-12-22-19-11-10-15(14-21)13-18(19)20/h10-11,13,16-17H,2-9,12H2,1H3. The molecule has 1 aliphatic carbocycles. The lowest BCUT2D eigenvalue weighted by Gasteiger charge is -2.31. The third kappa shape index (κ3) is 4.73. The van der Waals surface area contributed by atoms with E-state index in [4.69, 9.17) is 10.00 Å². The first-order valence-corrected chi connectivity index (χ1v) is 8.57. The number of nitrogens with zero attached hydrogens (tertiary/aromatic N) is 1. The van der Waals surface area contributed by atoms with Crippen molar-refractivity contribution >= 4 is 0 Å². The van der Waals surface area contributed by atoms with Crippen LogP contribution in [0.4, 0.5) is 4.39 Å². The largest absolute Gasteiger partial charge is 0.491 e. The summed E-state index contributed by atoms with van der Waals surface area (Å²) in [6, 6.07) is 6.30. The van der Waals surface area contributed by atoms with Crippen LogP contribution in [0.3, 0.4) is 0 Å². The molecule has 2 nitrogen and oxygen atoms in total. The lowest BCUT2D eigenvalue weighted by atomic mass is 9.75. The molecule has 0 saturated heterocycles. The highest BCUT2D eigenvalue weighted by Gasteiger charge is 2.23. The van der Waals surface area contributed by atoms with Crippen molar-refractivity contribution in [2.75, 3.05) is 6.61 Å². The molecule has 1 aliphatic rings. The zero-order valence-corrected chi connectivity index (χ0v) is 13.5. The van der Waals surface area contributed by atoms with Gasteiger partial charge in [0.2, 0.25) is 0 Å². The highest BCUT2D eigenvalue weighted by atomic mass is 19.1. The Balaban J connectivity index is 1.75. The minimum Gasteiger partial charge on any atom is -0.491 e. The van der Waals surface area contributed by atoms with E-state index < -0.39 is 5.82 Å². The van der Waals surface area contributed by atoms with Gasteiger partial charge in [-0.05, 0) is 42.9 Å². The van der Waals surface area contributed by atoms with Crippen LogP contribution in [-0.4, -0.2) is 6.61 Å². The number of ether oxygens (including phenoxy) is 1. The molecule has 0 heterocycles. The zero-order valence-electron chi connectivity index (χ0n) is 13.5. The van der Waals surface area contributed by atoms with Gasteiger partial charge in [0.1, 0.15) is 0 Å². The molecule has 2 rings (SSSR count). The van der Waals surface area contributed by atoms with Gasteiger partial charge in [-0.25, -0.2) is 4.39 Å². The van der Waals surface area contributed by atoms with Gasteiger partial charge >= 0.3 is 0 Å². The number of nitriles is 1. The van der Waals surface area contributed by atoms with E-state index >= 15 is 0 Å². The summed E-state index contributed by atoms with van der Waals surface area (Å²) in [5.74, 6) is 1.52. The van der Waals surface area contributed by atoms with Crippen molar-refractivity contribution in [3.8, 4) is 11.8 Å². The molecule has 1 fully saturated rings. The molecular weight excluding hydrogens is 277 g/mol. The van der Waals surface area contributed by atoms with Crippen molar-refractivity contribution in [3.63, 3.8) is 0 Å². The maximum Gasteiger partial charge on any atom is 0.166 e. The summed E-state index contributed by atoms with van der Waals surface area (Å²) < 4.78 is 19.2. The van der Waals surface area contributed by atoms with Crippen molar-refractivity contribution < 1.29 is 9.13 Å². The molecule has 2 unspecified atom stereocenters. The van der Waals surface area contributed by atoms with E-state index in [0.717, 1.165) is 18.3 Å².